The molecule has 90 valence electrons. The highest BCUT2D eigenvalue weighted by atomic mass is 32.2. The van der Waals surface area contributed by atoms with Gasteiger partial charge in [-0.05, 0) is 13.0 Å². The van der Waals surface area contributed by atoms with Gasteiger partial charge in [0.1, 0.15) is 4.90 Å². The topological polar surface area (TPSA) is 67.2 Å². The minimum Gasteiger partial charge on any atom is -0.315 e. The molecule has 1 saturated heterocycles. The van der Waals surface area contributed by atoms with Crippen LogP contribution in [0.4, 0.5) is 0 Å². The number of hydrogen-bond donors (Lipinski definition) is 1. The SMILES string of the molecule is Cn1cc(S(=O)(=O)N2CCCNCC2)cn1. The Hall–Kier alpha value is -0.920. The summed E-state index contributed by atoms with van der Waals surface area (Å²) in [6.45, 7) is 2.68. The molecule has 2 heterocycles. The van der Waals surface area contributed by atoms with Gasteiger partial charge < -0.3 is 5.32 Å². The van der Waals surface area contributed by atoms with Crippen molar-refractivity contribution < 1.29 is 8.42 Å². The van der Waals surface area contributed by atoms with E-state index in [4.69, 9.17) is 0 Å². The van der Waals surface area contributed by atoms with Crippen molar-refractivity contribution in [3.63, 3.8) is 0 Å². The molecule has 0 unspecified atom stereocenters. The van der Waals surface area contributed by atoms with Crippen molar-refractivity contribution >= 4 is 10.0 Å². The summed E-state index contributed by atoms with van der Waals surface area (Å²) in [6.07, 6.45) is 3.78. The maximum absolute atomic E-state index is 12.2. The first-order chi connectivity index (χ1) is 7.60. The fraction of sp³-hybridized carbons (Fsp3) is 0.667. The monoisotopic (exact) mass is 244 g/mol. The summed E-state index contributed by atoms with van der Waals surface area (Å²) < 4.78 is 27.4. The van der Waals surface area contributed by atoms with E-state index in [1.807, 2.05) is 0 Å². The van der Waals surface area contributed by atoms with Crippen LogP contribution in [0.1, 0.15) is 6.42 Å². The third-order valence-electron chi connectivity index (χ3n) is 2.62. The number of rotatable bonds is 2. The molecule has 0 aliphatic carbocycles. The van der Waals surface area contributed by atoms with Crippen LogP contribution in [0.15, 0.2) is 17.3 Å². The van der Waals surface area contributed by atoms with Crippen LogP contribution in [-0.2, 0) is 17.1 Å². The third-order valence-corrected chi connectivity index (χ3v) is 4.47. The van der Waals surface area contributed by atoms with Crippen molar-refractivity contribution in [3.8, 4) is 0 Å². The number of nitrogens with zero attached hydrogens (tertiary/aromatic N) is 3. The molecule has 7 heteroatoms. The quantitative estimate of drug-likeness (QED) is 0.754. The molecule has 1 N–H and O–H groups in total. The molecule has 1 fully saturated rings. The van der Waals surface area contributed by atoms with Gasteiger partial charge in [-0.15, -0.1) is 0 Å². The van der Waals surface area contributed by atoms with Gasteiger partial charge in [0.15, 0.2) is 0 Å². The second-order valence-corrected chi connectivity index (χ2v) is 5.80. The Bertz CT molecular complexity index is 446. The number of hydrogen-bond acceptors (Lipinski definition) is 4. The molecular weight excluding hydrogens is 228 g/mol. The summed E-state index contributed by atoms with van der Waals surface area (Å²) in [4.78, 5) is 0.275. The summed E-state index contributed by atoms with van der Waals surface area (Å²) in [5.74, 6) is 0. The van der Waals surface area contributed by atoms with Gasteiger partial charge in [0.2, 0.25) is 10.0 Å². The molecule has 1 aromatic rings. The number of nitrogens with one attached hydrogen (secondary N) is 1. The number of sulfonamides is 1. The van der Waals surface area contributed by atoms with Crippen molar-refractivity contribution in [1.82, 2.24) is 19.4 Å². The largest absolute Gasteiger partial charge is 0.315 e. The highest BCUT2D eigenvalue weighted by molar-refractivity contribution is 7.89. The van der Waals surface area contributed by atoms with Crippen molar-refractivity contribution in [3.05, 3.63) is 12.4 Å². The van der Waals surface area contributed by atoms with Gasteiger partial charge in [-0.3, -0.25) is 4.68 Å². The van der Waals surface area contributed by atoms with Crippen LogP contribution < -0.4 is 5.32 Å². The highest BCUT2D eigenvalue weighted by Gasteiger charge is 2.25. The summed E-state index contributed by atoms with van der Waals surface area (Å²) in [7, 11) is -1.64. The van der Waals surface area contributed by atoms with Gasteiger partial charge >= 0.3 is 0 Å². The zero-order valence-corrected chi connectivity index (χ0v) is 10.1. The Morgan fingerprint density at radius 3 is 2.88 bits per heavy atom. The first-order valence-corrected chi connectivity index (χ1v) is 6.74. The third kappa shape index (κ3) is 2.26. The number of aromatic nitrogens is 2. The van der Waals surface area contributed by atoms with Crippen LogP contribution in [0.3, 0.4) is 0 Å². The maximum atomic E-state index is 12.2. The fourth-order valence-corrected chi connectivity index (χ4v) is 3.21. The van der Waals surface area contributed by atoms with E-state index in [0.29, 0.717) is 19.6 Å². The predicted octanol–water partition coefficient (Wildman–Crippen LogP) is -0.596. The van der Waals surface area contributed by atoms with Crippen molar-refractivity contribution in [1.29, 1.82) is 0 Å². The molecule has 0 bridgehead atoms. The second-order valence-electron chi connectivity index (χ2n) is 3.86. The van der Waals surface area contributed by atoms with Crippen LogP contribution in [0.2, 0.25) is 0 Å². The van der Waals surface area contributed by atoms with E-state index >= 15 is 0 Å². The Kier molecular flexibility index (Phi) is 3.27. The first kappa shape index (κ1) is 11.6. The summed E-state index contributed by atoms with van der Waals surface area (Å²) >= 11 is 0. The van der Waals surface area contributed by atoms with E-state index in [1.165, 1.54) is 21.4 Å². The minimum atomic E-state index is -3.35. The maximum Gasteiger partial charge on any atom is 0.246 e. The van der Waals surface area contributed by atoms with Gasteiger partial charge in [0.05, 0.1) is 6.20 Å². The van der Waals surface area contributed by atoms with E-state index in [1.54, 1.807) is 7.05 Å². The lowest BCUT2D eigenvalue weighted by atomic mass is 10.4. The molecule has 0 saturated carbocycles. The average Bonchev–Trinajstić information content (AvgIpc) is 2.54. The normalized spacial score (nSPS) is 19.6. The lowest BCUT2D eigenvalue weighted by Crippen LogP contribution is -2.34. The first-order valence-electron chi connectivity index (χ1n) is 5.30. The van der Waals surface area contributed by atoms with Gasteiger partial charge in [-0.1, -0.05) is 0 Å². The summed E-state index contributed by atoms with van der Waals surface area (Å²) in [5, 5.41) is 7.08. The average molecular weight is 244 g/mol. The van der Waals surface area contributed by atoms with E-state index in [-0.39, 0.29) is 4.90 Å². The van der Waals surface area contributed by atoms with Crippen LogP contribution in [0.5, 0.6) is 0 Å². The smallest absolute Gasteiger partial charge is 0.246 e. The van der Waals surface area contributed by atoms with Crippen LogP contribution in [0.25, 0.3) is 0 Å². The Morgan fingerprint density at radius 1 is 1.38 bits per heavy atom. The summed E-state index contributed by atoms with van der Waals surface area (Å²) in [6, 6.07) is 0. The van der Waals surface area contributed by atoms with Gasteiger partial charge in [0, 0.05) is 32.9 Å². The zero-order valence-electron chi connectivity index (χ0n) is 9.26. The minimum absolute atomic E-state index is 0.275. The Labute approximate surface area is 95.3 Å². The van der Waals surface area contributed by atoms with Crippen molar-refractivity contribution in [2.24, 2.45) is 7.05 Å². The number of aryl methyl sites for hydroxylation is 1. The van der Waals surface area contributed by atoms with Crippen molar-refractivity contribution in [2.75, 3.05) is 26.2 Å². The molecular formula is C9H16N4O2S. The highest BCUT2D eigenvalue weighted by Crippen LogP contribution is 2.15. The molecule has 0 radical (unpaired) electrons. The predicted molar refractivity (Wildman–Crippen MR) is 59.5 cm³/mol. The van der Waals surface area contributed by atoms with Gasteiger partial charge in [0.25, 0.3) is 0 Å². The lowest BCUT2D eigenvalue weighted by molar-refractivity contribution is 0.432. The molecule has 0 spiro atoms. The van der Waals surface area contributed by atoms with E-state index in [0.717, 1.165) is 13.0 Å². The second kappa shape index (κ2) is 4.52. The molecule has 0 amide bonds. The zero-order chi connectivity index (χ0) is 11.6. The molecule has 1 aliphatic heterocycles. The molecule has 0 aromatic carbocycles. The summed E-state index contributed by atoms with van der Waals surface area (Å²) in [5.41, 5.74) is 0. The molecule has 1 aromatic heterocycles. The lowest BCUT2D eigenvalue weighted by Gasteiger charge is -2.18. The molecule has 1 aliphatic rings. The van der Waals surface area contributed by atoms with Gasteiger partial charge in [-0.25, -0.2) is 8.42 Å². The van der Waals surface area contributed by atoms with Crippen LogP contribution >= 0.6 is 0 Å². The van der Waals surface area contributed by atoms with E-state index in [2.05, 4.69) is 10.4 Å². The molecule has 16 heavy (non-hydrogen) atoms. The van der Waals surface area contributed by atoms with E-state index in [9.17, 15) is 8.42 Å². The Balaban J connectivity index is 2.23. The molecule has 6 nitrogen and oxygen atoms in total. The Morgan fingerprint density at radius 2 is 2.19 bits per heavy atom. The van der Waals surface area contributed by atoms with E-state index < -0.39 is 10.0 Å². The molecule has 0 atom stereocenters. The molecule has 2 rings (SSSR count). The fourth-order valence-electron chi connectivity index (χ4n) is 1.74. The van der Waals surface area contributed by atoms with Gasteiger partial charge in [-0.2, -0.15) is 9.40 Å². The van der Waals surface area contributed by atoms with Crippen molar-refractivity contribution in [2.45, 2.75) is 11.3 Å². The van der Waals surface area contributed by atoms with Crippen LogP contribution in [0, 0.1) is 0 Å². The standard InChI is InChI=1S/C9H16N4O2S/c1-12-8-9(7-11-12)16(14,15)13-5-2-3-10-4-6-13/h7-8,10H,2-6H2,1H3. The van der Waals surface area contributed by atoms with Crippen LogP contribution in [-0.4, -0.2) is 48.7 Å².